The molecule has 0 spiro atoms. The van der Waals surface area contributed by atoms with Gasteiger partial charge in [0.2, 0.25) is 10.0 Å². The largest absolute Gasteiger partial charge is 0.447 e. The molecule has 2 aromatic carbocycles. The number of carbonyl (C=O) groups is 1. The second-order valence-electron chi connectivity index (χ2n) is 12.3. The number of hydrogen-bond donors (Lipinski definition) is 5. The standard InChI is InChI=1S/C31H45N5O6S2/c1-20(2)42-30(38)35-22-12-14-25(41-16-15-22)28-32-19-26(43-28)24-13-11-23(17-27(24)44(39,40)36-31(3,4)5)34-29(37)33-18-21-9-7-6-8-10-21/h6-11,13,17,20,22,25-26,29,33-34,36-37H,12,14-16,18-19H2,1-5H3,(H,35,38)/t22-,25+,26?,29?/m1/s1. The van der Waals surface area contributed by atoms with Crippen LogP contribution in [-0.2, 0) is 26.0 Å². The molecule has 1 saturated heterocycles. The number of anilines is 1. The number of alkyl carbamates (subject to hydrolysis) is 1. The molecule has 1 fully saturated rings. The van der Waals surface area contributed by atoms with Crippen molar-refractivity contribution in [3.8, 4) is 0 Å². The van der Waals surface area contributed by atoms with E-state index in [4.69, 9.17) is 14.5 Å². The average Bonchev–Trinajstić information content (AvgIpc) is 3.31. The van der Waals surface area contributed by atoms with Gasteiger partial charge in [-0.05, 0) is 77.1 Å². The lowest BCUT2D eigenvalue weighted by Gasteiger charge is -2.24. The smallest absolute Gasteiger partial charge is 0.407 e. The van der Waals surface area contributed by atoms with Crippen LogP contribution in [0, 0.1) is 0 Å². The molecule has 4 atom stereocenters. The molecule has 2 aromatic rings. The van der Waals surface area contributed by atoms with Gasteiger partial charge in [-0.15, -0.1) is 0 Å². The molecule has 44 heavy (non-hydrogen) atoms. The number of ether oxygens (including phenoxy) is 2. The highest BCUT2D eigenvalue weighted by molar-refractivity contribution is 8.14. The van der Waals surface area contributed by atoms with Gasteiger partial charge in [-0.25, -0.2) is 17.9 Å². The van der Waals surface area contributed by atoms with Crippen molar-refractivity contribution in [2.45, 2.75) is 101 Å². The lowest BCUT2D eigenvalue weighted by molar-refractivity contribution is 0.102. The van der Waals surface area contributed by atoms with Gasteiger partial charge in [-0.1, -0.05) is 48.2 Å². The number of thioether (sulfide) groups is 1. The Labute approximate surface area is 265 Å². The van der Waals surface area contributed by atoms with Crippen molar-refractivity contribution in [1.82, 2.24) is 15.4 Å². The summed E-state index contributed by atoms with van der Waals surface area (Å²) < 4.78 is 41.4. The van der Waals surface area contributed by atoms with Crippen LogP contribution in [0.4, 0.5) is 10.5 Å². The first kappa shape index (κ1) is 34.2. The molecule has 5 N–H and O–H groups in total. The van der Waals surface area contributed by atoms with Crippen LogP contribution in [0.2, 0.25) is 0 Å². The number of nitrogens with one attached hydrogen (secondary N) is 4. The molecule has 4 rings (SSSR count). The van der Waals surface area contributed by atoms with Crippen molar-refractivity contribution in [1.29, 1.82) is 0 Å². The van der Waals surface area contributed by atoms with Gasteiger partial charge >= 0.3 is 6.09 Å². The molecule has 2 unspecified atom stereocenters. The molecule has 11 nitrogen and oxygen atoms in total. The normalized spacial score (nSPS) is 21.8. The molecule has 242 valence electrons. The van der Waals surface area contributed by atoms with Crippen LogP contribution < -0.4 is 20.7 Å². The number of carbonyl (C=O) groups excluding carboxylic acids is 1. The Morgan fingerprint density at radius 1 is 1.14 bits per heavy atom. The van der Waals surface area contributed by atoms with E-state index >= 15 is 0 Å². The second-order valence-corrected chi connectivity index (χ2v) is 15.2. The molecule has 2 aliphatic heterocycles. The highest BCUT2D eigenvalue weighted by Gasteiger charge is 2.34. The van der Waals surface area contributed by atoms with Gasteiger partial charge in [-0.2, -0.15) is 0 Å². The first-order valence-electron chi connectivity index (χ1n) is 15.0. The third kappa shape index (κ3) is 10.2. The zero-order chi connectivity index (χ0) is 31.9. The maximum absolute atomic E-state index is 13.7. The van der Waals surface area contributed by atoms with Crippen molar-refractivity contribution in [3.05, 3.63) is 59.7 Å². The van der Waals surface area contributed by atoms with Gasteiger partial charge in [0, 0.05) is 30.4 Å². The fourth-order valence-electron chi connectivity index (χ4n) is 5.02. The van der Waals surface area contributed by atoms with Crippen LogP contribution in [-0.4, -0.2) is 68.0 Å². The van der Waals surface area contributed by atoms with Crippen molar-refractivity contribution in [2.75, 3.05) is 18.5 Å². The summed E-state index contributed by atoms with van der Waals surface area (Å²) in [6, 6.07) is 14.7. The van der Waals surface area contributed by atoms with Crippen molar-refractivity contribution in [2.24, 2.45) is 4.99 Å². The molecule has 0 bridgehead atoms. The van der Waals surface area contributed by atoms with Gasteiger partial charge in [0.15, 0.2) is 6.35 Å². The number of benzene rings is 2. The first-order valence-corrected chi connectivity index (χ1v) is 17.3. The maximum Gasteiger partial charge on any atom is 0.407 e. The zero-order valence-electron chi connectivity index (χ0n) is 26.0. The van der Waals surface area contributed by atoms with Gasteiger partial charge < -0.3 is 25.2 Å². The highest BCUT2D eigenvalue weighted by atomic mass is 32.2. The van der Waals surface area contributed by atoms with E-state index in [1.165, 1.54) is 11.8 Å². The number of aliphatic imine (C=N–C) groups is 1. The lowest BCUT2D eigenvalue weighted by Crippen LogP contribution is -2.41. The summed E-state index contributed by atoms with van der Waals surface area (Å²) in [7, 11) is -3.92. The fraction of sp³-hybridized carbons (Fsp3) is 0.548. The summed E-state index contributed by atoms with van der Waals surface area (Å²) in [6.45, 7) is 10.3. The maximum atomic E-state index is 13.7. The minimum atomic E-state index is -3.92. The number of amides is 1. The van der Waals surface area contributed by atoms with E-state index in [1.807, 2.05) is 44.2 Å². The van der Waals surface area contributed by atoms with Crippen molar-refractivity contribution < 1.29 is 27.8 Å². The third-order valence-electron chi connectivity index (χ3n) is 6.92. The van der Waals surface area contributed by atoms with Crippen LogP contribution in [0.1, 0.15) is 70.3 Å². The van der Waals surface area contributed by atoms with Crippen LogP contribution in [0.5, 0.6) is 0 Å². The summed E-state index contributed by atoms with van der Waals surface area (Å²) >= 11 is 1.52. The topological polar surface area (TPSA) is 150 Å². The van der Waals surface area contributed by atoms with Gasteiger partial charge in [-0.3, -0.25) is 10.3 Å². The number of nitrogens with zero attached hydrogens (tertiary/aromatic N) is 1. The average molecular weight is 648 g/mol. The molecule has 13 heteroatoms. The predicted molar refractivity (Wildman–Crippen MR) is 174 cm³/mol. The van der Waals surface area contributed by atoms with Crippen molar-refractivity contribution >= 4 is 38.6 Å². The molecule has 0 radical (unpaired) electrons. The molecule has 2 aliphatic rings. The van der Waals surface area contributed by atoms with Gasteiger partial charge in [0.1, 0.15) is 6.10 Å². The number of aliphatic hydroxyl groups excluding tert-OH is 1. The fourth-order valence-corrected chi connectivity index (χ4v) is 8.07. The summed E-state index contributed by atoms with van der Waals surface area (Å²) in [5.74, 6) is 0. The number of aliphatic hydroxyl groups is 1. The highest BCUT2D eigenvalue weighted by Crippen LogP contribution is 2.41. The van der Waals surface area contributed by atoms with Crippen LogP contribution in [0.3, 0.4) is 0 Å². The van der Waals surface area contributed by atoms with E-state index in [2.05, 4.69) is 20.7 Å². The van der Waals surface area contributed by atoms with E-state index in [0.717, 1.165) is 17.0 Å². The Morgan fingerprint density at radius 2 is 1.89 bits per heavy atom. The van der Waals surface area contributed by atoms with E-state index in [0.29, 0.717) is 43.8 Å². The Kier molecular flexibility index (Phi) is 11.7. The van der Waals surface area contributed by atoms with Crippen molar-refractivity contribution in [3.63, 3.8) is 0 Å². The van der Waals surface area contributed by atoms with E-state index in [1.54, 1.807) is 39.0 Å². The van der Waals surface area contributed by atoms with Crippen LogP contribution in [0.25, 0.3) is 0 Å². The van der Waals surface area contributed by atoms with E-state index in [-0.39, 0.29) is 28.4 Å². The predicted octanol–water partition coefficient (Wildman–Crippen LogP) is 4.50. The van der Waals surface area contributed by atoms with Crippen LogP contribution in [0.15, 0.2) is 58.4 Å². The van der Waals surface area contributed by atoms with E-state index in [9.17, 15) is 18.3 Å². The Morgan fingerprint density at radius 3 is 2.59 bits per heavy atom. The molecule has 0 aromatic heterocycles. The third-order valence-corrected chi connectivity index (χ3v) is 10.0. The minimum Gasteiger partial charge on any atom is -0.447 e. The number of rotatable bonds is 11. The van der Waals surface area contributed by atoms with Crippen LogP contribution >= 0.6 is 11.8 Å². The van der Waals surface area contributed by atoms with E-state index < -0.39 is 28.0 Å². The van der Waals surface area contributed by atoms with Gasteiger partial charge in [0.05, 0.1) is 27.8 Å². The molecule has 2 heterocycles. The molecular weight excluding hydrogens is 603 g/mol. The Balaban J connectivity index is 1.45. The van der Waals surface area contributed by atoms with Gasteiger partial charge in [0.25, 0.3) is 0 Å². The Bertz CT molecular complexity index is 1400. The quantitative estimate of drug-likeness (QED) is 0.222. The summed E-state index contributed by atoms with van der Waals surface area (Å²) in [6.07, 6.45) is 0.137. The first-order chi connectivity index (χ1) is 20.8. The monoisotopic (exact) mass is 647 g/mol. The molecule has 1 amide bonds. The lowest BCUT2D eigenvalue weighted by atomic mass is 10.1. The summed E-state index contributed by atoms with van der Waals surface area (Å²) in [4.78, 5) is 17.0. The molecule has 0 saturated carbocycles. The SMILES string of the molecule is CC(C)OC(=O)N[C@H]1CCO[C@H](C2=NCC(c3ccc(NC(O)NCc4ccccc4)cc3S(=O)(=O)NC(C)(C)C)S2)CC1. The number of sulfonamides is 1. The second kappa shape index (κ2) is 15.1. The summed E-state index contributed by atoms with van der Waals surface area (Å²) in [5.41, 5.74) is 1.41. The zero-order valence-corrected chi connectivity index (χ0v) is 27.6. The molecular formula is C31H45N5O6S2. The summed E-state index contributed by atoms with van der Waals surface area (Å²) in [5, 5.41) is 20.1. The molecule has 0 aliphatic carbocycles. The number of hydrogen-bond acceptors (Lipinski definition) is 10. The minimum absolute atomic E-state index is 0.0492. The Hall–Kier alpha value is -2.68.